The highest BCUT2D eigenvalue weighted by molar-refractivity contribution is 9.10. The summed E-state index contributed by atoms with van der Waals surface area (Å²) < 4.78 is 27.0. The van der Waals surface area contributed by atoms with Crippen LogP contribution in [0.25, 0.3) is 0 Å². The van der Waals surface area contributed by atoms with E-state index in [2.05, 4.69) is 31.1 Å². The molecule has 28 heavy (non-hydrogen) atoms. The normalized spacial score (nSPS) is 28.6. The fraction of sp³-hybridized carbons (Fsp3) is 0.526. The molecule has 4 heterocycles. The van der Waals surface area contributed by atoms with Crippen LogP contribution in [-0.2, 0) is 4.74 Å². The number of anilines is 1. The van der Waals surface area contributed by atoms with E-state index in [4.69, 9.17) is 21.1 Å². The highest BCUT2D eigenvalue weighted by Gasteiger charge is 2.49. The smallest absolute Gasteiger partial charge is 0.301 e. The molecule has 0 aliphatic carbocycles. The third-order valence-corrected chi connectivity index (χ3v) is 7.23. The van der Waals surface area contributed by atoms with Gasteiger partial charge in [0.2, 0.25) is 0 Å². The summed E-state index contributed by atoms with van der Waals surface area (Å²) in [5, 5.41) is 3.81. The van der Waals surface area contributed by atoms with Crippen LogP contribution in [0.1, 0.15) is 24.8 Å². The van der Waals surface area contributed by atoms with Gasteiger partial charge >= 0.3 is 5.95 Å². The molecule has 2 atom stereocenters. The Balaban J connectivity index is 1.44. The van der Waals surface area contributed by atoms with Crippen LogP contribution >= 0.6 is 27.5 Å². The standard InChI is InChI=1S/C19H21BrClFN4O2/c1-25-8-14(27-9-19-3-2-4-26(19)7-11(22)6-19)28-13-5-12(20)16(21)17-15(13)18(25)24-10-23-17/h5,8,11,23H,2-4,6-7,9-10H2,1H3/t11-,19+/m1/s1. The van der Waals surface area contributed by atoms with E-state index in [1.807, 2.05) is 18.0 Å². The summed E-state index contributed by atoms with van der Waals surface area (Å²) in [5.41, 5.74) is 1.37. The van der Waals surface area contributed by atoms with E-state index in [0.29, 0.717) is 43.0 Å². The van der Waals surface area contributed by atoms with Gasteiger partial charge in [-0.25, -0.2) is 9.38 Å². The number of alkyl halides is 1. The molecule has 1 N–H and O–H groups in total. The van der Waals surface area contributed by atoms with Crippen molar-refractivity contribution in [3.05, 3.63) is 33.3 Å². The quantitative estimate of drug-likeness (QED) is 0.723. The van der Waals surface area contributed by atoms with E-state index in [1.165, 1.54) is 0 Å². The number of benzene rings is 1. The van der Waals surface area contributed by atoms with Crippen LogP contribution in [0, 0.1) is 0 Å². The van der Waals surface area contributed by atoms with Gasteiger partial charge < -0.3 is 19.7 Å². The summed E-state index contributed by atoms with van der Waals surface area (Å²) in [5.74, 6) is 1.75. The first kappa shape index (κ1) is 18.5. The number of hydrogen-bond acceptors (Lipinski definition) is 6. The van der Waals surface area contributed by atoms with Crippen molar-refractivity contribution in [2.24, 2.45) is 4.99 Å². The number of hydrogen-bond donors (Lipinski definition) is 1. The highest BCUT2D eigenvalue weighted by atomic mass is 79.9. The summed E-state index contributed by atoms with van der Waals surface area (Å²) >= 11 is 9.95. The molecular weight excluding hydrogens is 451 g/mol. The number of halogens is 3. The van der Waals surface area contributed by atoms with Crippen molar-refractivity contribution >= 4 is 39.1 Å². The Labute approximate surface area is 176 Å². The van der Waals surface area contributed by atoms with Crippen molar-refractivity contribution < 1.29 is 13.9 Å². The van der Waals surface area contributed by atoms with E-state index in [0.717, 1.165) is 40.9 Å². The van der Waals surface area contributed by atoms with E-state index >= 15 is 0 Å². The van der Waals surface area contributed by atoms with Crippen molar-refractivity contribution in [1.82, 2.24) is 9.80 Å². The minimum absolute atomic E-state index is 0.227. The van der Waals surface area contributed by atoms with Crippen molar-refractivity contribution in [2.45, 2.75) is 31.0 Å². The maximum absolute atomic E-state index is 14.0. The Hall–Kier alpha value is -1.51. The van der Waals surface area contributed by atoms with Crippen LogP contribution in [0.3, 0.4) is 0 Å². The van der Waals surface area contributed by atoms with Crippen LogP contribution in [0.15, 0.2) is 27.7 Å². The maximum Gasteiger partial charge on any atom is 0.301 e. The lowest BCUT2D eigenvalue weighted by Gasteiger charge is -2.31. The molecule has 6 nitrogen and oxygen atoms in total. The average molecular weight is 472 g/mol. The van der Waals surface area contributed by atoms with Crippen molar-refractivity contribution in [3.63, 3.8) is 0 Å². The summed E-state index contributed by atoms with van der Waals surface area (Å²) in [6.45, 7) is 2.28. The lowest BCUT2D eigenvalue weighted by atomic mass is 9.95. The lowest BCUT2D eigenvalue weighted by molar-refractivity contribution is 0.0274. The van der Waals surface area contributed by atoms with Gasteiger partial charge in [-0.15, -0.1) is 0 Å². The van der Waals surface area contributed by atoms with Gasteiger partial charge in [0.25, 0.3) is 0 Å². The molecule has 0 saturated carbocycles. The molecule has 0 unspecified atom stereocenters. The number of nitrogens with zero attached hydrogens (tertiary/aromatic N) is 3. The minimum atomic E-state index is -0.782. The minimum Gasteiger partial charge on any atom is -0.462 e. The van der Waals surface area contributed by atoms with Gasteiger partial charge in [0.1, 0.15) is 31.0 Å². The molecule has 5 rings (SSSR count). The van der Waals surface area contributed by atoms with Crippen LogP contribution in [0.5, 0.6) is 5.75 Å². The Bertz CT molecular complexity index is 895. The van der Waals surface area contributed by atoms with E-state index in [1.54, 1.807) is 6.20 Å². The SMILES string of the molecule is CN1C=C(OC[C@@]23CCCN2C[C@H](F)C3)Oc2cc(Br)c(Cl)c3c2C1=NCN3. The summed E-state index contributed by atoms with van der Waals surface area (Å²) in [7, 11) is 1.90. The zero-order valence-corrected chi connectivity index (χ0v) is 17.8. The number of rotatable bonds is 3. The number of fused-ring (bicyclic) bond motifs is 1. The zero-order chi connectivity index (χ0) is 19.5. The molecule has 0 spiro atoms. The maximum atomic E-state index is 14.0. The predicted octanol–water partition coefficient (Wildman–Crippen LogP) is 3.95. The van der Waals surface area contributed by atoms with Crippen molar-refractivity contribution in [2.75, 3.05) is 38.7 Å². The second kappa shape index (κ2) is 6.78. The van der Waals surface area contributed by atoms with Crippen LogP contribution in [0.4, 0.5) is 10.1 Å². The molecule has 4 aliphatic heterocycles. The molecule has 1 aromatic rings. The molecule has 150 valence electrons. The Morgan fingerprint density at radius 1 is 1.54 bits per heavy atom. The van der Waals surface area contributed by atoms with E-state index < -0.39 is 6.17 Å². The average Bonchev–Trinajstić information content (AvgIpc) is 3.14. The number of ether oxygens (including phenoxy) is 2. The highest BCUT2D eigenvalue weighted by Crippen LogP contribution is 2.44. The molecule has 2 saturated heterocycles. The first-order valence-electron chi connectivity index (χ1n) is 9.42. The zero-order valence-electron chi connectivity index (χ0n) is 15.5. The molecular formula is C19H21BrClFN4O2. The second-order valence-electron chi connectivity index (χ2n) is 7.76. The van der Waals surface area contributed by atoms with Gasteiger partial charge in [0, 0.05) is 24.5 Å². The molecule has 0 amide bonds. The number of amidine groups is 1. The molecule has 0 radical (unpaired) electrons. The van der Waals surface area contributed by atoms with Gasteiger partial charge in [-0.05, 0) is 41.4 Å². The van der Waals surface area contributed by atoms with Gasteiger partial charge in [-0.3, -0.25) is 4.90 Å². The topological polar surface area (TPSA) is 49.3 Å². The predicted molar refractivity (Wildman–Crippen MR) is 110 cm³/mol. The molecule has 9 heteroatoms. The largest absolute Gasteiger partial charge is 0.462 e. The van der Waals surface area contributed by atoms with E-state index in [-0.39, 0.29) is 5.54 Å². The Kier molecular flexibility index (Phi) is 4.48. The summed E-state index contributed by atoms with van der Waals surface area (Å²) in [6, 6.07) is 1.83. The van der Waals surface area contributed by atoms with Crippen LogP contribution < -0.4 is 10.1 Å². The Morgan fingerprint density at radius 3 is 3.25 bits per heavy atom. The summed E-state index contributed by atoms with van der Waals surface area (Å²) in [4.78, 5) is 8.68. The van der Waals surface area contributed by atoms with Gasteiger partial charge in [0.05, 0.1) is 28.0 Å². The first-order chi connectivity index (χ1) is 13.5. The lowest BCUT2D eigenvalue weighted by Crippen LogP contribution is -2.42. The van der Waals surface area contributed by atoms with Crippen molar-refractivity contribution in [3.8, 4) is 5.75 Å². The molecule has 0 aromatic heterocycles. The number of nitrogens with one attached hydrogen (secondary N) is 1. The monoisotopic (exact) mass is 470 g/mol. The van der Waals surface area contributed by atoms with Crippen molar-refractivity contribution in [1.29, 1.82) is 0 Å². The fourth-order valence-corrected chi connectivity index (χ4v) is 5.33. The second-order valence-corrected chi connectivity index (χ2v) is 8.99. The van der Waals surface area contributed by atoms with E-state index in [9.17, 15) is 4.39 Å². The fourth-order valence-electron chi connectivity index (χ4n) is 4.71. The Morgan fingerprint density at radius 2 is 2.39 bits per heavy atom. The third kappa shape index (κ3) is 2.88. The number of aliphatic imine (C=N–C) groups is 1. The van der Waals surface area contributed by atoms with Gasteiger partial charge in [0.15, 0.2) is 0 Å². The molecule has 1 aromatic carbocycles. The third-order valence-electron chi connectivity index (χ3n) is 5.98. The van der Waals surface area contributed by atoms with Gasteiger partial charge in [-0.2, -0.15) is 0 Å². The first-order valence-corrected chi connectivity index (χ1v) is 10.6. The molecule has 2 fully saturated rings. The molecule has 4 aliphatic rings. The summed E-state index contributed by atoms with van der Waals surface area (Å²) in [6.07, 6.45) is 3.56. The van der Waals surface area contributed by atoms with Crippen LogP contribution in [-0.4, -0.2) is 60.8 Å². The molecule has 0 bridgehead atoms. The van der Waals surface area contributed by atoms with Crippen LogP contribution in [0.2, 0.25) is 5.02 Å². The van der Waals surface area contributed by atoms with Gasteiger partial charge in [-0.1, -0.05) is 11.6 Å².